The van der Waals surface area contributed by atoms with E-state index in [1.165, 1.54) is 0 Å². The molecule has 9 heteroatoms. The van der Waals surface area contributed by atoms with Crippen LogP contribution < -0.4 is 5.32 Å². The smallest absolute Gasteiger partial charge is 0.238 e. The zero-order valence-electron chi connectivity index (χ0n) is 13.8. The van der Waals surface area contributed by atoms with Gasteiger partial charge in [-0.1, -0.05) is 5.16 Å². The van der Waals surface area contributed by atoms with Gasteiger partial charge < -0.3 is 18.8 Å². The number of hydrogen-bond donors (Lipinski definition) is 1. The van der Waals surface area contributed by atoms with Crippen LogP contribution in [0.5, 0.6) is 0 Å². The average Bonchev–Trinajstić information content (AvgIpc) is 3.34. The van der Waals surface area contributed by atoms with Crippen LogP contribution in [0.1, 0.15) is 30.4 Å². The van der Waals surface area contributed by atoms with E-state index in [9.17, 15) is 4.79 Å². The maximum atomic E-state index is 12.2. The Kier molecular flexibility index (Phi) is 4.04. The third-order valence-corrected chi connectivity index (χ3v) is 4.27. The highest BCUT2D eigenvalue weighted by molar-refractivity contribution is 5.76. The highest BCUT2D eigenvalue weighted by atomic mass is 16.5. The van der Waals surface area contributed by atoms with Gasteiger partial charge >= 0.3 is 0 Å². The molecule has 1 amide bonds. The summed E-state index contributed by atoms with van der Waals surface area (Å²) < 4.78 is 12.4. The van der Waals surface area contributed by atoms with Crippen molar-refractivity contribution in [1.82, 2.24) is 30.2 Å². The molecule has 1 aliphatic heterocycles. The van der Waals surface area contributed by atoms with Crippen molar-refractivity contribution in [1.29, 1.82) is 0 Å². The number of nitrogens with zero attached hydrogens (tertiary/aromatic N) is 5. The Bertz CT molecular complexity index is 866. The molecule has 0 spiro atoms. The molecular formula is C16H18N6O3. The zero-order chi connectivity index (χ0) is 17.2. The molecule has 4 heterocycles. The van der Waals surface area contributed by atoms with Crippen molar-refractivity contribution < 1.29 is 13.7 Å². The highest BCUT2D eigenvalue weighted by Gasteiger charge is 2.23. The number of nitrogens with one attached hydrogen (secondary N) is 1. The monoisotopic (exact) mass is 342 g/mol. The van der Waals surface area contributed by atoms with Crippen molar-refractivity contribution >= 4 is 5.91 Å². The van der Waals surface area contributed by atoms with E-state index in [1.807, 2.05) is 6.92 Å². The minimum Gasteiger partial charge on any atom is -0.461 e. The Labute approximate surface area is 143 Å². The molecule has 1 N–H and O–H groups in total. The summed E-state index contributed by atoms with van der Waals surface area (Å²) >= 11 is 0. The quantitative estimate of drug-likeness (QED) is 0.743. The normalized spacial score (nSPS) is 16.6. The molecule has 0 fully saturated rings. The average molecular weight is 342 g/mol. The fraction of sp³-hybridized carbons (Fsp3) is 0.438. The van der Waals surface area contributed by atoms with E-state index in [0.29, 0.717) is 36.9 Å². The van der Waals surface area contributed by atoms with Gasteiger partial charge in [0.05, 0.1) is 6.26 Å². The lowest BCUT2D eigenvalue weighted by atomic mass is 10.1. The summed E-state index contributed by atoms with van der Waals surface area (Å²) in [5.41, 5.74) is 0. The predicted molar refractivity (Wildman–Crippen MR) is 85.3 cm³/mol. The fourth-order valence-corrected chi connectivity index (χ4v) is 2.96. The zero-order valence-corrected chi connectivity index (χ0v) is 13.8. The maximum Gasteiger partial charge on any atom is 0.238 e. The standard InChI is InChI=1S/C16H18N6O3/c1-10-19-20-13-5-4-11(9-22(10)13)17-14(23)6-7-15-18-16(21-25-15)12-3-2-8-24-12/h2-3,8,11H,4-7,9H2,1H3,(H,17,23)/t11-/m0/s1. The van der Waals surface area contributed by atoms with Crippen LogP contribution >= 0.6 is 0 Å². The molecule has 25 heavy (non-hydrogen) atoms. The van der Waals surface area contributed by atoms with Crippen LogP contribution in [0.4, 0.5) is 0 Å². The summed E-state index contributed by atoms with van der Waals surface area (Å²) in [4.78, 5) is 16.4. The van der Waals surface area contributed by atoms with Gasteiger partial charge in [0.25, 0.3) is 0 Å². The van der Waals surface area contributed by atoms with Crippen molar-refractivity contribution in [2.45, 2.75) is 45.2 Å². The molecule has 3 aromatic heterocycles. The molecule has 1 aliphatic rings. The van der Waals surface area contributed by atoms with Crippen LogP contribution in [0, 0.1) is 6.92 Å². The minimum absolute atomic E-state index is 0.0306. The SMILES string of the molecule is Cc1nnc2n1C[C@@H](NC(=O)CCc1nc(-c3ccco3)no1)CC2. The first-order chi connectivity index (χ1) is 12.2. The van der Waals surface area contributed by atoms with Crippen molar-refractivity contribution in [3.63, 3.8) is 0 Å². The van der Waals surface area contributed by atoms with Crippen LogP contribution in [0.25, 0.3) is 11.6 Å². The number of furan rings is 1. The van der Waals surface area contributed by atoms with E-state index >= 15 is 0 Å². The first-order valence-corrected chi connectivity index (χ1v) is 8.23. The summed E-state index contributed by atoms with van der Waals surface area (Å²) in [6, 6.07) is 3.61. The first kappa shape index (κ1) is 15.6. The Morgan fingerprint density at radius 3 is 3.20 bits per heavy atom. The predicted octanol–water partition coefficient (Wildman–Crippen LogP) is 1.29. The van der Waals surface area contributed by atoms with Crippen LogP contribution in [-0.4, -0.2) is 36.9 Å². The summed E-state index contributed by atoms with van der Waals surface area (Å²) in [6.45, 7) is 2.63. The van der Waals surface area contributed by atoms with Gasteiger partial charge in [0.1, 0.15) is 11.6 Å². The van der Waals surface area contributed by atoms with Gasteiger partial charge in [-0.3, -0.25) is 4.79 Å². The number of aromatic nitrogens is 5. The van der Waals surface area contributed by atoms with Crippen molar-refractivity contribution in [2.75, 3.05) is 0 Å². The van der Waals surface area contributed by atoms with Crippen LogP contribution in [0.2, 0.25) is 0 Å². The van der Waals surface area contributed by atoms with Crippen molar-refractivity contribution in [3.8, 4) is 11.6 Å². The third-order valence-electron chi connectivity index (χ3n) is 4.27. The van der Waals surface area contributed by atoms with Crippen LogP contribution in [0.15, 0.2) is 27.3 Å². The highest BCUT2D eigenvalue weighted by Crippen LogP contribution is 2.17. The lowest BCUT2D eigenvalue weighted by Crippen LogP contribution is -2.41. The Balaban J connectivity index is 1.29. The fourth-order valence-electron chi connectivity index (χ4n) is 2.96. The number of carbonyl (C=O) groups is 1. The second-order valence-corrected chi connectivity index (χ2v) is 6.07. The molecule has 3 aromatic rings. The molecular weight excluding hydrogens is 324 g/mol. The van der Waals surface area contributed by atoms with Crippen LogP contribution in [0.3, 0.4) is 0 Å². The maximum absolute atomic E-state index is 12.2. The van der Waals surface area contributed by atoms with Gasteiger partial charge in [-0.2, -0.15) is 4.98 Å². The molecule has 4 rings (SSSR count). The van der Waals surface area contributed by atoms with Gasteiger partial charge in [0, 0.05) is 31.8 Å². The Hall–Kier alpha value is -2.97. The van der Waals surface area contributed by atoms with E-state index in [1.54, 1.807) is 18.4 Å². The van der Waals surface area contributed by atoms with E-state index in [-0.39, 0.29) is 11.9 Å². The number of aryl methyl sites for hydroxylation is 3. The van der Waals surface area contributed by atoms with Crippen molar-refractivity contribution in [2.24, 2.45) is 0 Å². The van der Waals surface area contributed by atoms with E-state index in [4.69, 9.17) is 8.94 Å². The number of hydrogen-bond acceptors (Lipinski definition) is 7. The molecule has 130 valence electrons. The van der Waals surface area contributed by atoms with Gasteiger partial charge in [-0.05, 0) is 25.5 Å². The Morgan fingerprint density at radius 1 is 1.44 bits per heavy atom. The van der Waals surface area contributed by atoms with E-state index < -0.39 is 0 Å². The molecule has 0 radical (unpaired) electrons. The minimum atomic E-state index is -0.0306. The van der Waals surface area contributed by atoms with Gasteiger partial charge in [-0.15, -0.1) is 10.2 Å². The lowest BCUT2D eigenvalue weighted by Gasteiger charge is -2.24. The summed E-state index contributed by atoms with van der Waals surface area (Å²) in [6.07, 6.45) is 3.93. The third kappa shape index (κ3) is 3.30. The second kappa shape index (κ2) is 6.50. The van der Waals surface area contributed by atoms with Crippen molar-refractivity contribution in [3.05, 3.63) is 35.9 Å². The molecule has 0 saturated carbocycles. The van der Waals surface area contributed by atoms with Gasteiger partial charge in [-0.25, -0.2) is 0 Å². The molecule has 0 saturated heterocycles. The second-order valence-electron chi connectivity index (χ2n) is 6.07. The number of fused-ring (bicyclic) bond motifs is 1. The molecule has 0 aromatic carbocycles. The summed E-state index contributed by atoms with van der Waals surface area (Å²) in [5, 5.41) is 15.1. The summed E-state index contributed by atoms with van der Waals surface area (Å²) in [5.74, 6) is 3.19. The molecule has 0 aliphatic carbocycles. The molecule has 1 atom stereocenters. The number of carbonyl (C=O) groups excluding carboxylic acids is 1. The van der Waals surface area contributed by atoms with Crippen LogP contribution in [-0.2, 0) is 24.2 Å². The van der Waals surface area contributed by atoms with Gasteiger partial charge in [0.15, 0.2) is 5.76 Å². The molecule has 0 unspecified atom stereocenters. The largest absolute Gasteiger partial charge is 0.461 e. The molecule has 9 nitrogen and oxygen atoms in total. The molecule has 0 bridgehead atoms. The topological polar surface area (TPSA) is 112 Å². The van der Waals surface area contributed by atoms with E-state index in [2.05, 4.69) is 30.2 Å². The summed E-state index contributed by atoms with van der Waals surface area (Å²) in [7, 11) is 0. The Morgan fingerprint density at radius 2 is 2.36 bits per heavy atom. The number of rotatable bonds is 5. The van der Waals surface area contributed by atoms with Gasteiger partial charge in [0.2, 0.25) is 17.6 Å². The van der Waals surface area contributed by atoms with E-state index in [0.717, 1.165) is 24.5 Å². The number of amides is 1. The lowest BCUT2D eigenvalue weighted by molar-refractivity contribution is -0.122. The first-order valence-electron chi connectivity index (χ1n) is 8.23.